The lowest BCUT2D eigenvalue weighted by molar-refractivity contribution is -0.363. The molecule has 4 aliphatic rings. The number of hydrogen-bond acceptors (Lipinski definition) is 5. The maximum absolute atomic E-state index is 13.8. The third-order valence-corrected chi connectivity index (χ3v) is 7.96. The lowest BCUT2D eigenvalue weighted by Crippen LogP contribution is -2.74. The molecule has 2 aliphatic heterocycles. The van der Waals surface area contributed by atoms with E-state index >= 15 is 0 Å². The molecule has 1 saturated heterocycles. The highest BCUT2D eigenvalue weighted by Gasteiger charge is 2.46. The zero-order valence-electron chi connectivity index (χ0n) is 21.8. The Hall–Kier alpha value is -3.51. The van der Waals surface area contributed by atoms with Crippen LogP contribution in [0.4, 0.5) is 5.69 Å². The number of benzene rings is 2. The summed E-state index contributed by atoms with van der Waals surface area (Å²) in [5.74, 6) is 0.488. The van der Waals surface area contributed by atoms with Crippen molar-refractivity contribution >= 4 is 23.0 Å². The fraction of sp³-hybridized carbons (Fsp3) is 0.387. The number of carbonyl (C=O) groups is 2. The number of allylic oxidation sites excluding steroid dienone is 1. The van der Waals surface area contributed by atoms with E-state index in [4.69, 9.17) is 4.74 Å². The minimum Gasteiger partial charge on any atom is -0.468 e. The van der Waals surface area contributed by atoms with E-state index in [0.29, 0.717) is 45.6 Å². The van der Waals surface area contributed by atoms with Crippen LogP contribution < -0.4 is 15.0 Å². The zero-order valence-corrected chi connectivity index (χ0v) is 21.8. The predicted molar refractivity (Wildman–Crippen MR) is 144 cm³/mol. The molecule has 0 saturated carbocycles. The van der Waals surface area contributed by atoms with Crippen molar-refractivity contribution in [2.75, 3.05) is 26.2 Å². The molecule has 2 N–H and O–H groups in total. The van der Waals surface area contributed by atoms with Crippen LogP contribution in [0.15, 0.2) is 65.4 Å². The summed E-state index contributed by atoms with van der Waals surface area (Å²) in [7, 11) is 0. The molecule has 1 fully saturated rings. The van der Waals surface area contributed by atoms with Crippen LogP contribution in [0.3, 0.4) is 0 Å². The molecule has 0 radical (unpaired) electrons. The molecule has 6 rings (SSSR count). The minimum absolute atomic E-state index is 0.120. The second-order valence-electron chi connectivity index (χ2n) is 11.4. The normalized spacial score (nSPS) is 22.2. The fourth-order valence-corrected chi connectivity index (χ4v) is 6.16. The number of likely N-dealkylation sites (tertiary alicyclic amines) is 1. The third kappa shape index (κ3) is 4.23. The summed E-state index contributed by atoms with van der Waals surface area (Å²) in [6.45, 7) is 10.7. The van der Waals surface area contributed by atoms with Gasteiger partial charge in [-0.05, 0) is 56.8 Å². The topological polar surface area (TPSA) is 72.6 Å². The Morgan fingerprint density at radius 3 is 2.57 bits per heavy atom. The molecule has 2 aromatic carbocycles. The van der Waals surface area contributed by atoms with E-state index in [0.717, 1.165) is 43.1 Å². The van der Waals surface area contributed by atoms with Gasteiger partial charge < -0.3 is 15.0 Å². The maximum Gasteiger partial charge on any atom is 0.249 e. The summed E-state index contributed by atoms with van der Waals surface area (Å²) < 4.78 is 6.37. The summed E-state index contributed by atoms with van der Waals surface area (Å²) in [5.41, 5.74) is 5.34. The van der Waals surface area contributed by atoms with Gasteiger partial charge in [0.25, 0.3) is 0 Å². The molecule has 37 heavy (non-hydrogen) atoms. The molecule has 0 amide bonds. The summed E-state index contributed by atoms with van der Waals surface area (Å²) in [4.78, 5) is 33.6. The van der Waals surface area contributed by atoms with E-state index in [-0.39, 0.29) is 11.6 Å². The quantitative estimate of drug-likeness (QED) is 0.622. The molecule has 2 aromatic rings. The van der Waals surface area contributed by atoms with Gasteiger partial charge in [0.2, 0.25) is 23.3 Å². The number of hydrogen-bond donors (Lipinski definition) is 2. The maximum atomic E-state index is 13.8. The Labute approximate surface area is 218 Å². The highest BCUT2D eigenvalue weighted by atomic mass is 16.5. The molecule has 1 atom stereocenters. The first kappa shape index (κ1) is 23.9. The van der Waals surface area contributed by atoms with Gasteiger partial charge in [0.05, 0.1) is 5.57 Å². The molecule has 1 unspecified atom stereocenters. The van der Waals surface area contributed by atoms with Crippen LogP contribution in [-0.2, 0) is 0 Å². The summed E-state index contributed by atoms with van der Waals surface area (Å²) >= 11 is 0. The first-order valence-electron chi connectivity index (χ1n) is 13.3. The lowest BCUT2D eigenvalue weighted by atomic mass is 9.76. The van der Waals surface area contributed by atoms with Crippen LogP contribution >= 0.6 is 0 Å². The first-order chi connectivity index (χ1) is 17.8. The van der Waals surface area contributed by atoms with Crippen molar-refractivity contribution in [3.05, 3.63) is 82.1 Å². The molecule has 190 valence electrons. The van der Waals surface area contributed by atoms with Crippen LogP contribution in [-0.4, -0.2) is 54.5 Å². The molecule has 2 heterocycles. The van der Waals surface area contributed by atoms with Crippen LogP contribution in [0.25, 0.3) is 0 Å². The number of piperidine rings is 1. The van der Waals surface area contributed by atoms with Gasteiger partial charge in [0, 0.05) is 35.5 Å². The largest absolute Gasteiger partial charge is 0.468 e. The SMILES string of the molecule is Cc1cccc2c1[NH+]=C1C3=C(C(=O)c4ccccc4C3=O)C(NCCCN3CCCC(C)(C)C3)=CC1O2. The zero-order chi connectivity index (χ0) is 25.7. The monoisotopic (exact) mass is 496 g/mol. The van der Waals surface area contributed by atoms with Crippen LogP contribution in [0, 0.1) is 12.3 Å². The van der Waals surface area contributed by atoms with E-state index in [1.165, 1.54) is 12.8 Å². The second-order valence-corrected chi connectivity index (χ2v) is 11.4. The first-order valence-corrected chi connectivity index (χ1v) is 13.3. The average molecular weight is 497 g/mol. The fourth-order valence-electron chi connectivity index (χ4n) is 6.16. The molecular weight excluding hydrogens is 462 g/mol. The van der Waals surface area contributed by atoms with Crippen LogP contribution in [0.2, 0.25) is 0 Å². The van der Waals surface area contributed by atoms with Crippen LogP contribution in [0.1, 0.15) is 59.4 Å². The van der Waals surface area contributed by atoms with Crippen molar-refractivity contribution in [3.63, 3.8) is 0 Å². The number of fused-ring (bicyclic) bond motifs is 4. The lowest BCUT2D eigenvalue weighted by Gasteiger charge is -2.38. The Balaban J connectivity index is 1.32. The Morgan fingerprint density at radius 2 is 1.81 bits per heavy atom. The van der Waals surface area contributed by atoms with E-state index in [9.17, 15) is 9.59 Å². The van der Waals surface area contributed by atoms with Gasteiger partial charge in [-0.3, -0.25) is 9.59 Å². The number of ether oxygens (including phenoxy) is 1. The number of rotatable bonds is 5. The van der Waals surface area contributed by atoms with Gasteiger partial charge >= 0.3 is 0 Å². The Kier molecular flexibility index (Phi) is 5.87. The number of aryl methyl sites for hydroxylation is 1. The molecule has 2 aliphatic carbocycles. The van der Waals surface area contributed by atoms with Crippen molar-refractivity contribution in [2.24, 2.45) is 5.41 Å². The van der Waals surface area contributed by atoms with Crippen LogP contribution in [0.5, 0.6) is 5.75 Å². The molecule has 0 aromatic heterocycles. The van der Waals surface area contributed by atoms with Gasteiger partial charge in [-0.15, -0.1) is 0 Å². The third-order valence-electron chi connectivity index (χ3n) is 7.96. The van der Waals surface area contributed by atoms with Crippen molar-refractivity contribution < 1.29 is 19.3 Å². The van der Waals surface area contributed by atoms with Crippen molar-refractivity contribution in [1.29, 1.82) is 0 Å². The molecular formula is C31H34N3O3+. The van der Waals surface area contributed by atoms with Gasteiger partial charge in [-0.2, -0.15) is 0 Å². The number of Topliss-reactive ketones (excluding diaryl/α,β-unsaturated/α-hetero) is 2. The van der Waals surface area contributed by atoms with Gasteiger partial charge in [0.1, 0.15) is 5.57 Å². The number of para-hydroxylation sites is 1. The van der Waals surface area contributed by atoms with E-state index in [2.05, 4.69) is 29.1 Å². The van der Waals surface area contributed by atoms with Crippen molar-refractivity contribution in [3.8, 4) is 5.75 Å². The average Bonchev–Trinajstić information content (AvgIpc) is 2.88. The minimum atomic E-state index is -0.472. The number of nitrogens with zero attached hydrogens (tertiary/aromatic N) is 1. The standard InChI is InChI=1S/C31H33N3O3/c1-19-9-6-12-23-27(19)33-28-24(37-23)17-22(32-14-8-16-34-15-7-13-31(2,3)18-34)25-26(28)30(36)21-11-5-4-10-20(21)29(25)35/h4-6,9-12,17,24,32H,7-8,13-16,18H2,1-3H3/p+1. The van der Waals surface area contributed by atoms with Crippen molar-refractivity contribution in [2.45, 2.75) is 46.1 Å². The highest BCUT2D eigenvalue weighted by molar-refractivity contribution is 6.39. The predicted octanol–water partition coefficient (Wildman–Crippen LogP) is 3.28. The number of carbonyl (C=O) groups excluding carboxylic acids is 2. The molecule has 0 bridgehead atoms. The summed E-state index contributed by atoms with van der Waals surface area (Å²) in [6, 6.07) is 13.0. The van der Waals surface area contributed by atoms with Gasteiger partial charge in [-0.1, -0.05) is 50.2 Å². The second kappa shape index (κ2) is 9.10. The highest BCUT2D eigenvalue weighted by Crippen LogP contribution is 2.36. The van der Waals surface area contributed by atoms with E-state index in [1.807, 2.05) is 43.3 Å². The Morgan fingerprint density at radius 1 is 1.05 bits per heavy atom. The smallest absolute Gasteiger partial charge is 0.249 e. The summed E-state index contributed by atoms with van der Waals surface area (Å²) in [6.07, 6.45) is 4.95. The van der Waals surface area contributed by atoms with E-state index in [1.54, 1.807) is 12.1 Å². The number of nitrogens with one attached hydrogen (secondary N) is 2. The number of ketones is 2. The molecule has 6 nitrogen and oxygen atoms in total. The van der Waals surface area contributed by atoms with E-state index < -0.39 is 6.10 Å². The van der Waals surface area contributed by atoms with Crippen molar-refractivity contribution in [1.82, 2.24) is 10.2 Å². The summed E-state index contributed by atoms with van der Waals surface area (Å²) in [5, 5.41) is 3.51. The Bertz CT molecular complexity index is 1400. The van der Waals surface area contributed by atoms with Gasteiger partial charge in [0.15, 0.2) is 11.5 Å². The molecule has 6 heteroatoms. The van der Waals surface area contributed by atoms with Gasteiger partial charge in [-0.25, -0.2) is 4.99 Å². The molecule has 0 spiro atoms.